The zero-order chi connectivity index (χ0) is 14.7. The van der Waals surface area contributed by atoms with Gasteiger partial charge in [0, 0.05) is 18.5 Å². The molecule has 2 heterocycles. The molecule has 109 valence electrons. The largest absolute Gasteiger partial charge is 0.474 e. The van der Waals surface area contributed by atoms with Gasteiger partial charge in [-0.2, -0.15) is 0 Å². The Balaban J connectivity index is 1.72. The van der Waals surface area contributed by atoms with Gasteiger partial charge in [0.1, 0.15) is 5.75 Å². The fourth-order valence-corrected chi connectivity index (χ4v) is 2.80. The van der Waals surface area contributed by atoms with Gasteiger partial charge in [-0.25, -0.2) is 0 Å². The van der Waals surface area contributed by atoms with Crippen molar-refractivity contribution < 1.29 is 9.84 Å². The number of piperidine rings is 1. The maximum Gasteiger partial charge on any atom is 0.200 e. The molecule has 0 aliphatic carbocycles. The van der Waals surface area contributed by atoms with Crippen molar-refractivity contribution in [3.63, 3.8) is 0 Å². The van der Waals surface area contributed by atoms with Gasteiger partial charge in [0.2, 0.25) is 0 Å². The lowest BCUT2D eigenvalue weighted by molar-refractivity contribution is 0.120. The fourth-order valence-electron chi connectivity index (χ4n) is 2.62. The zero-order valence-electron chi connectivity index (χ0n) is 11.5. The van der Waals surface area contributed by atoms with Crippen LogP contribution in [0.1, 0.15) is 24.5 Å². The minimum Gasteiger partial charge on any atom is -0.474 e. The first-order chi connectivity index (χ1) is 10.2. The van der Waals surface area contributed by atoms with Crippen LogP contribution in [0.15, 0.2) is 42.6 Å². The summed E-state index contributed by atoms with van der Waals surface area (Å²) in [5, 5.41) is 15.8. The van der Waals surface area contributed by atoms with Gasteiger partial charge in [0.25, 0.3) is 0 Å². The highest BCUT2D eigenvalue weighted by Gasteiger charge is 2.27. The molecule has 3 rings (SSSR count). The van der Waals surface area contributed by atoms with Crippen molar-refractivity contribution in [1.82, 2.24) is 10.3 Å². The maximum atomic E-state index is 11.9. The number of halogens is 1. The number of benzene rings is 1. The molecule has 21 heavy (non-hydrogen) atoms. The average Bonchev–Trinajstić information content (AvgIpc) is 2.50. The Labute approximate surface area is 128 Å². The number of hydrogen-bond donors (Lipinski definition) is 1. The van der Waals surface area contributed by atoms with Gasteiger partial charge in [-0.1, -0.05) is 23.7 Å². The average molecular weight is 304 g/mol. The summed E-state index contributed by atoms with van der Waals surface area (Å²) in [6.45, 7) is 0.788. The molecule has 1 fully saturated rings. The van der Waals surface area contributed by atoms with Crippen LogP contribution in [0, 0.1) is 0 Å². The lowest BCUT2D eigenvalue weighted by atomic mass is 9.92. The standard InChI is InChI=1S/C16H16ClN2O2/c17-12-4-1-2-6-14(12)21-15-10-11(7-9-18-15)16-13(20)5-3-8-19-16/h1-6,8,11,15,18H,7,9-10H2. The second-order valence-electron chi connectivity index (χ2n) is 5.10. The predicted molar refractivity (Wildman–Crippen MR) is 80.2 cm³/mol. The van der Waals surface area contributed by atoms with Crippen molar-refractivity contribution in [1.29, 1.82) is 0 Å². The van der Waals surface area contributed by atoms with Crippen LogP contribution >= 0.6 is 11.6 Å². The highest BCUT2D eigenvalue weighted by molar-refractivity contribution is 6.32. The minimum atomic E-state index is -0.162. The Morgan fingerprint density at radius 2 is 2.10 bits per heavy atom. The number of ether oxygens (including phenoxy) is 1. The van der Waals surface area contributed by atoms with Crippen molar-refractivity contribution in [2.75, 3.05) is 6.54 Å². The van der Waals surface area contributed by atoms with Crippen LogP contribution in [0.5, 0.6) is 11.5 Å². The van der Waals surface area contributed by atoms with Gasteiger partial charge in [0.05, 0.1) is 10.7 Å². The number of nitrogens with zero attached hydrogens (tertiary/aromatic N) is 1. The zero-order valence-corrected chi connectivity index (χ0v) is 12.2. The number of rotatable bonds is 3. The summed E-state index contributed by atoms with van der Waals surface area (Å²) in [6.07, 6.45) is 3.10. The molecule has 1 N–H and O–H groups in total. The highest BCUT2D eigenvalue weighted by atomic mass is 35.5. The topological polar surface area (TPSA) is 54.0 Å². The Morgan fingerprint density at radius 1 is 1.24 bits per heavy atom. The van der Waals surface area contributed by atoms with Gasteiger partial charge in [-0.15, -0.1) is 0 Å². The van der Waals surface area contributed by atoms with Crippen molar-refractivity contribution in [3.05, 3.63) is 53.3 Å². The molecular weight excluding hydrogens is 288 g/mol. The Bertz CT molecular complexity index is 621. The van der Waals surface area contributed by atoms with E-state index in [1.165, 1.54) is 0 Å². The first-order valence-corrected chi connectivity index (χ1v) is 7.38. The van der Waals surface area contributed by atoms with Crippen LogP contribution in [0.4, 0.5) is 0 Å². The third kappa shape index (κ3) is 3.28. The van der Waals surface area contributed by atoms with Crippen LogP contribution < -0.4 is 10.1 Å². The molecule has 5 heteroatoms. The molecule has 1 aliphatic rings. The Kier molecular flexibility index (Phi) is 4.27. The minimum absolute atomic E-state index is 0.000827. The molecule has 4 nitrogen and oxygen atoms in total. The molecule has 0 bridgehead atoms. The fraction of sp³-hybridized carbons (Fsp3) is 0.312. The van der Waals surface area contributed by atoms with Crippen LogP contribution in [0.25, 0.3) is 0 Å². The monoisotopic (exact) mass is 303 g/mol. The Morgan fingerprint density at radius 3 is 2.90 bits per heavy atom. The van der Waals surface area contributed by atoms with Gasteiger partial charge < -0.3 is 4.74 Å². The summed E-state index contributed by atoms with van der Waals surface area (Å²) in [5.74, 6) is 0.772. The summed E-state index contributed by atoms with van der Waals surface area (Å²) < 4.78 is 5.90. The smallest absolute Gasteiger partial charge is 0.200 e. The number of hydrogen-bond acceptors (Lipinski definition) is 3. The van der Waals surface area contributed by atoms with Gasteiger partial charge in [0.15, 0.2) is 12.0 Å². The van der Waals surface area contributed by atoms with Gasteiger partial charge in [-0.3, -0.25) is 15.4 Å². The summed E-state index contributed by atoms with van der Waals surface area (Å²) in [6, 6.07) is 10.6. The van der Waals surface area contributed by atoms with E-state index < -0.39 is 0 Å². The number of pyridine rings is 1. The molecular formula is C16H16ClN2O2. The second kappa shape index (κ2) is 6.33. The Hall–Kier alpha value is -1.78. The summed E-state index contributed by atoms with van der Waals surface area (Å²) in [4.78, 5) is 4.24. The van der Waals surface area contributed by atoms with Crippen molar-refractivity contribution in [2.24, 2.45) is 0 Å². The molecule has 1 radical (unpaired) electrons. The van der Waals surface area contributed by atoms with Crippen LogP contribution in [-0.4, -0.2) is 17.8 Å². The van der Waals surface area contributed by atoms with Crippen LogP contribution in [-0.2, 0) is 5.11 Å². The van der Waals surface area contributed by atoms with E-state index in [4.69, 9.17) is 16.3 Å². The molecule has 1 aromatic carbocycles. The first kappa shape index (κ1) is 14.2. The first-order valence-electron chi connectivity index (χ1n) is 7.00. The van der Waals surface area contributed by atoms with Crippen molar-refractivity contribution >= 4 is 11.6 Å². The van der Waals surface area contributed by atoms with Crippen molar-refractivity contribution in [2.45, 2.75) is 25.0 Å². The highest BCUT2D eigenvalue weighted by Crippen LogP contribution is 2.33. The number of aromatic nitrogens is 1. The number of nitrogens with one attached hydrogen (secondary N) is 1. The second-order valence-corrected chi connectivity index (χ2v) is 5.51. The van der Waals surface area contributed by atoms with Gasteiger partial charge >= 0.3 is 0 Å². The SMILES string of the molecule is [O]c1cccnc1C1CCNC(Oc2ccccc2Cl)C1. The molecule has 1 aromatic heterocycles. The van der Waals surface area contributed by atoms with E-state index in [1.807, 2.05) is 18.2 Å². The van der Waals surface area contributed by atoms with E-state index in [9.17, 15) is 5.11 Å². The van der Waals surface area contributed by atoms with E-state index >= 15 is 0 Å². The van der Waals surface area contributed by atoms with Crippen LogP contribution in [0.3, 0.4) is 0 Å². The third-order valence-electron chi connectivity index (χ3n) is 3.66. The van der Waals surface area contributed by atoms with E-state index in [2.05, 4.69) is 10.3 Å². The van der Waals surface area contributed by atoms with Gasteiger partial charge in [-0.05, 0) is 37.2 Å². The van der Waals surface area contributed by atoms with E-state index in [-0.39, 0.29) is 17.9 Å². The quantitative estimate of drug-likeness (QED) is 0.939. The van der Waals surface area contributed by atoms with E-state index in [0.717, 1.165) is 13.0 Å². The summed E-state index contributed by atoms with van der Waals surface area (Å²) in [7, 11) is 0. The predicted octanol–water partition coefficient (Wildman–Crippen LogP) is 3.75. The summed E-state index contributed by atoms with van der Waals surface area (Å²) in [5.41, 5.74) is 0.631. The molecule has 1 saturated heterocycles. The summed E-state index contributed by atoms with van der Waals surface area (Å²) >= 11 is 6.11. The molecule has 0 saturated carbocycles. The molecule has 2 unspecified atom stereocenters. The lowest BCUT2D eigenvalue weighted by Gasteiger charge is -2.30. The molecule has 0 amide bonds. The molecule has 2 atom stereocenters. The van der Waals surface area contributed by atoms with E-state index in [1.54, 1.807) is 24.4 Å². The normalized spacial score (nSPS) is 22.0. The van der Waals surface area contributed by atoms with Crippen LogP contribution in [0.2, 0.25) is 5.02 Å². The molecule has 1 aliphatic heterocycles. The lowest BCUT2D eigenvalue weighted by Crippen LogP contribution is -2.41. The maximum absolute atomic E-state index is 11.9. The van der Waals surface area contributed by atoms with Crippen molar-refractivity contribution in [3.8, 4) is 11.5 Å². The van der Waals surface area contributed by atoms with E-state index in [0.29, 0.717) is 22.9 Å². The third-order valence-corrected chi connectivity index (χ3v) is 3.97. The molecule has 0 spiro atoms. The molecule has 2 aromatic rings. The number of para-hydroxylation sites is 1.